The third-order valence-electron chi connectivity index (χ3n) is 1.57. The van der Waals surface area contributed by atoms with E-state index < -0.39 is 0 Å². The minimum Gasteiger partial charge on any atom is -0.372 e. The number of hydrogen-bond donors (Lipinski definition) is 2. The maximum atomic E-state index is 8.58. The van der Waals surface area contributed by atoms with Crippen molar-refractivity contribution in [1.82, 2.24) is 5.32 Å². The number of hydrogen-bond acceptors (Lipinski definition) is 2. The molecule has 3 N–H and O–H groups in total. The molecule has 0 aliphatic carbocycles. The van der Waals surface area contributed by atoms with Gasteiger partial charge in [0.1, 0.15) is 0 Å². The summed E-state index contributed by atoms with van der Waals surface area (Å²) in [5.41, 5.74) is 4.17. The van der Waals surface area contributed by atoms with Crippen LogP contribution in [-0.4, -0.2) is 19.0 Å². The van der Waals surface area contributed by atoms with Crippen molar-refractivity contribution < 1.29 is 4.79 Å². The molecule has 0 radical (unpaired) electrons. The number of primary amides is 1. The number of nitrogens with one attached hydrogen (secondary N) is 1. The van der Waals surface area contributed by atoms with Crippen molar-refractivity contribution in [3.05, 3.63) is 0 Å². The molecule has 1 saturated heterocycles. The van der Waals surface area contributed by atoms with Gasteiger partial charge in [-0.05, 0) is 25.8 Å². The van der Waals surface area contributed by atoms with Crippen LogP contribution < -0.4 is 11.1 Å². The summed E-state index contributed by atoms with van der Waals surface area (Å²) in [5, 5.41) is 3.37. The Bertz CT molecular complexity index is 88.5. The Labute approximate surface area is 75.7 Å². The second-order valence-corrected chi connectivity index (χ2v) is 2.79. The van der Waals surface area contributed by atoms with Gasteiger partial charge in [-0.1, -0.05) is 20.8 Å². The van der Waals surface area contributed by atoms with E-state index in [9.17, 15) is 0 Å². The first-order valence-corrected chi connectivity index (χ1v) is 4.59. The van der Waals surface area contributed by atoms with Gasteiger partial charge in [0.2, 0.25) is 6.41 Å². The zero-order chi connectivity index (χ0) is 9.98. The minimum absolute atomic E-state index is 0.250. The van der Waals surface area contributed by atoms with Gasteiger partial charge >= 0.3 is 0 Å². The lowest BCUT2D eigenvalue weighted by atomic mass is 10.1. The van der Waals surface area contributed by atoms with Crippen molar-refractivity contribution >= 4 is 6.41 Å². The topological polar surface area (TPSA) is 55.1 Å². The van der Waals surface area contributed by atoms with Crippen LogP contribution in [0.25, 0.3) is 0 Å². The molecule has 12 heavy (non-hydrogen) atoms. The molecule has 3 heteroatoms. The van der Waals surface area contributed by atoms with E-state index in [1.807, 2.05) is 13.8 Å². The highest BCUT2D eigenvalue weighted by Gasteiger charge is 2.14. The predicted octanol–water partition coefficient (Wildman–Crippen LogP) is 1.13. The fraction of sp³-hybridized carbons (Fsp3) is 0.889. The summed E-state index contributed by atoms with van der Waals surface area (Å²) in [6, 6.07) is 0.773. The first kappa shape index (κ1) is 14.0. The fourth-order valence-electron chi connectivity index (χ4n) is 1.17. The molecule has 0 spiro atoms. The van der Waals surface area contributed by atoms with Crippen LogP contribution >= 0.6 is 0 Å². The van der Waals surface area contributed by atoms with Gasteiger partial charge in [0.25, 0.3) is 0 Å². The molecule has 1 fully saturated rings. The van der Waals surface area contributed by atoms with Gasteiger partial charge in [0.15, 0.2) is 0 Å². The maximum absolute atomic E-state index is 8.58. The molecular weight excluding hydrogens is 152 g/mol. The summed E-state index contributed by atoms with van der Waals surface area (Å²) in [5.74, 6) is 0.912. The maximum Gasteiger partial charge on any atom is 0.204 e. The number of carbonyl (C=O) groups excluding carboxylic acids is 1. The molecule has 1 heterocycles. The lowest BCUT2D eigenvalue weighted by Gasteiger charge is -1.96. The van der Waals surface area contributed by atoms with E-state index in [2.05, 4.69) is 24.9 Å². The summed E-state index contributed by atoms with van der Waals surface area (Å²) in [4.78, 5) is 8.58. The van der Waals surface area contributed by atoms with Crippen LogP contribution in [0.15, 0.2) is 0 Å². The van der Waals surface area contributed by atoms with Crippen molar-refractivity contribution in [3.8, 4) is 0 Å². The largest absolute Gasteiger partial charge is 0.372 e. The average Bonchev–Trinajstić information content (AvgIpc) is 2.40. The summed E-state index contributed by atoms with van der Waals surface area (Å²) < 4.78 is 0. The van der Waals surface area contributed by atoms with Gasteiger partial charge in [-0.15, -0.1) is 0 Å². The second-order valence-electron chi connectivity index (χ2n) is 2.79. The molecule has 1 rings (SSSR count). The quantitative estimate of drug-likeness (QED) is 0.541. The average molecular weight is 174 g/mol. The molecule has 3 nitrogen and oxygen atoms in total. The highest BCUT2D eigenvalue weighted by atomic mass is 16.1. The Morgan fingerprint density at radius 3 is 1.92 bits per heavy atom. The van der Waals surface area contributed by atoms with Crippen LogP contribution in [0, 0.1) is 5.92 Å². The van der Waals surface area contributed by atoms with Gasteiger partial charge in [-0.3, -0.25) is 4.79 Å². The Balaban J connectivity index is 0. The van der Waals surface area contributed by atoms with E-state index in [4.69, 9.17) is 4.79 Å². The Kier molecular flexibility index (Phi) is 12.2. The lowest BCUT2D eigenvalue weighted by Crippen LogP contribution is -2.16. The summed E-state index contributed by atoms with van der Waals surface area (Å²) >= 11 is 0. The summed E-state index contributed by atoms with van der Waals surface area (Å²) in [7, 11) is 0. The second kappa shape index (κ2) is 10.4. The van der Waals surface area contributed by atoms with Crippen LogP contribution in [0.1, 0.15) is 34.1 Å². The molecule has 1 amide bonds. The van der Waals surface area contributed by atoms with Crippen molar-refractivity contribution in [2.75, 3.05) is 6.54 Å². The smallest absolute Gasteiger partial charge is 0.204 e. The molecular formula is C9H22N2O. The van der Waals surface area contributed by atoms with E-state index in [1.54, 1.807) is 0 Å². The van der Waals surface area contributed by atoms with Gasteiger partial charge in [-0.25, -0.2) is 0 Å². The molecule has 0 aromatic heterocycles. The molecule has 0 bridgehead atoms. The highest BCUT2D eigenvalue weighted by molar-refractivity contribution is 5.42. The van der Waals surface area contributed by atoms with Crippen LogP contribution in [0.4, 0.5) is 0 Å². The summed E-state index contributed by atoms with van der Waals surface area (Å²) in [6.45, 7) is 9.75. The number of rotatable bonds is 0. The van der Waals surface area contributed by atoms with Crippen LogP contribution in [0.5, 0.6) is 0 Å². The first-order valence-electron chi connectivity index (χ1n) is 4.59. The molecule has 1 aliphatic rings. The number of carbonyl (C=O) groups is 1. The fourth-order valence-corrected chi connectivity index (χ4v) is 1.17. The molecule has 0 aromatic rings. The van der Waals surface area contributed by atoms with E-state index >= 15 is 0 Å². The van der Waals surface area contributed by atoms with E-state index in [0.29, 0.717) is 0 Å². The van der Waals surface area contributed by atoms with Gasteiger partial charge in [0.05, 0.1) is 0 Å². The molecule has 2 atom stereocenters. The van der Waals surface area contributed by atoms with Gasteiger partial charge in [0, 0.05) is 6.04 Å². The third kappa shape index (κ3) is 9.43. The summed E-state index contributed by atoms with van der Waals surface area (Å²) in [6.07, 6.45) is 1.61. The standard InChI is InChI=1S/C6H13N.C2H6.CH3NO/c1-5-3-6(2)7-4-5;1-2;2-1-3/h5-7H,3-4H2,1-2H3;1-2H3;1H,(H2,2,3). The number of nitrogens with two attached hydrogens (primary N) is 1. The van der Waals surface area contributed by atoms with Crippen molar-refractivity contribution in [1.29, 1.82) is 0 Å². The number of amides is 1. The van der Waals surface area contributed by atoms with Crippen LogP contribution in [-0.2, 0) is 4.79 Å². The molecule has 0 saturated carbocycles. The third-order valence-corrected chi connectivity index (χ3v) is 1.57. The van der Waals surface area contributed by atoms with Crippen molar-refractivity contribution in [2.24, 2.45) is 11.7 Å². The van der Waals surface area contributed by atoms with E-state index in [-0.39, 0.29) is 6.41 Å². The molecule has 74 valence electrons. The van der Waals surface area contributed by atoms with Crippen molar-refractivity contribution in [3.63, 3.8) is 0 Å². The monoisotopic (exact) mass is 174 g/mol. The first-order chi connectivity index (χ1) is 5.70. The Morgan fingerprint density at radius 1 is 1.42 bits per heavy atom. The van der Waals surface area contributed by atoms with Crippen molar-refractivity contribution in [2.45, 2.75) is 40.2 Å². The Morgan fingerprint density at radius 2 is 1.83 bits per heavy atom. The van der Waals surface area contributed by atoms with E-state index in [1.165, 1.54) is 13.0 Å². The normalized spacial score (nSPS) is 26.0. The highest BCUT2D eigenvalue weighted by Crippen LogP contribution is 2.10. The van der Waals surface area contributed by atoms with Crippen LogP contribution in [0.2, 0.25) is 0 Å². The molecule has 1 aliphatic heterocycles. The zero-order valence-corrected chi connectivity index (χ0v) is 8.63. The predicted molar refractivity (Wildman–Crippen MR) is 52.8 cm³/mol. The van der Waals surface area contributed by atoms with Gasteiger partial charge < -0.3 is 11.1 Å². The van der Waals surface area contributed by atoms with Gasteiger partial charge in [-0.2, -0.15) is 0 Å². The molecule has 0 aromatic carbocycles. The zero-order valence-electron chi connectivity index (χ0n) is 8.63. The minimum atomic E-state index is 0.250. The lowest BCUT2D eigenvalue weighted by molar-refractivity contribution is -0.106. The SMILES string of the molecule is CC.CC1CNC(C)C1.NC=O. The molecule has 2 unspecified atom stereocenters. The van der Waals surface area contributed by atoms with Crippen LogP contribution in [0.3, 0.4) is 0 Å². The Hall–Kier alpha value is -0.570. The van der Waals surface area contributed by atoms with E-state index in [0.717, 1.165) is 12.0 Å².